The molecule has 3 aromatic rings. The first kappa shape index (κ1) is 24.2. The Bertz CT molecular complexity index is 1120. The third-order valence-corrected chi connectivity index (χ3v) is 7.21. The quantitative estimate of drug-likeness (QED) is 0.420. The maximum absolute atomic E-state index is 11.8. The van der Waals surface area contributed by atoms with E-state index in [1.165, 1.54) is 27.8 Å². The fourth-order valence-electron chi connectivity index (χ4n) is 4.42. The van der Waals surface area contributed by atoms with Crippen molar-refractivity contribution in [1.82, 2.24) is 4.90 Å². The fraction of sp³-hybridized carbons (Fsp3) is 0.423. The van der Waals surface area contributed by atoms with Crippen LogP contribution in [-0.4, -0.2) is 71.6 Å². The number of aryl methyl sites for hydroxylation is 1. The van der Waals surface area contributed by atoms with Crippen molar-refractivity contribution in [2.75, 3.05) is 70.4 Å². The van der Waals surface area contributed by atoms with Crippen molar-refractivity contribution in [3.05, 3.63) is 47.3 Å². The molecular formula is C26H33N3O4S. The topological polar surface area (TPSA) is 54.5 Å². The van der Waals surface area contributed by atoms with E-state index in [0.29, 0.717) is 18.0 Å². The Morgan fingerprint density at radius 3 is 2.65 bits per heavy atom. The zero-order valence-corrected chi connectivity index (χ0v) is 21.2. The standard InChI is InChI=1S/C26H33N3O4S/c1-19-17-20(27(2)26(30)32-4)18-23(31-3)25(19)33-15-6-10-28-11-13-29(14-12-28)22-7-5-8-24-21(22)9-16-34-24/h5,7-9,16-18H,6,10-15H2,1-4H3. The number of anilines is 2. The van der Waals surface area contributed by atoms with E-state index in [-0.39, 0.29) is 0 Å². The Morgan fingerprint density at radius 1 is 1.12 bits per heavy atom. The van der Waals surface area contributed by atoms with E-state index in [9.17, 15) is 4.79 Å². The van der Waals surface area contributed by atoms with Crippen molar-refractivity contribution >= 4 is 38.9 Å². The van der Waals surface area contributed by atoms with Crippen molar-refractivity contribution in [3.63, 3.8) is 0 Å². The van der Waals surface area contributed by atoms with Crippen LogP contribution in [0.3, 0.4) is 0 Å². The number of ether oxygens (including phenoxy) is 3. The van der Waals surface area contributed by atoms with Crippen LogP contribution < -0.4 is 19.3 Å². The molecule has 0 aliphatic carbocycles. The summed E-state index contributed by atoms with van der Waals surface area (Å²) in [4.78, 5) is 18.3. The zero-order chi connectivity index (χ0) is 24.1. The second-order valence-corrected chi connectivity index (χ2v) is 9.41. The summed E-state index contributed by atoms with van der Waals surface area (Å²) < 4.78 is 17.8. The summed E-state index contributed by atoms with van der Waals surface area (Å²) in [6.45, 7) is 7.75. The molecule has 0 unspecified atom stereocenters. The number of carbonyl (C=O) groups is 1. The van der Waals surface area contributed by atoms with Crippen LogP contribution in [0.1, 0.15) is 12.0 Å². The van der Waals surface area contributed by atoms with Crippen LogP contribution in [0.25, 0.3) is 10.1 Å². The number of benzene rings is 2. The average molecular weight is 484 g/mol. The molecule has 182 valence electrons. The molecule has 1 aliphatic rings. The lowest BCUT2D eigenvalue weighted by Gasteiger charge is -2.36. The fourth-order valence-corrected chi connectivity index (χ4v) is 5.23. The van der Waals surface area contributed by atoms with E-state index < -0.39 is 6.09 Å². The van der Waals surface area contributed by atoms with E-state index in [1.54, 1.807) is 31.6 Å². The molecule has 7 nitrogen and oxygen atoms in total. The largest absolute Gasteiger partial charge is 0.493 e. The van der Waals surface area contributed by atoms with Crippen molar-refractivity contribution < 1.29 is 19.0 Å². The van der Waals surface area contributed by atoms with Crippen molar-refractivity contribution in [2.45, 2.75) is 13.3 Å². The number of carbonyl (C=O) groups excluding carboxylic acids is 1. The third kappa shape index (κ3) is 5.23. The van der Waals surface area contributed by atoms with Crippen LogP contribution in [0.4, 0.5) is 16.2 Å². The zero-order valence-electron chi connectivity index (χ0n) is 20.4. The van der Waals surface area contributed by atoms with Gasteiger partial charge in [-0.25, -0.2) is 4.79 Å². The highest BCUT2D eigenvalue weighted by Gasteiger charge is 2.20. The summed E-state index contributed by atoms with van der Waals surface area (Å²) in [5.41, 5.74) is 2.97. The van der Waals surface area contributed by atoms with Gasteiger partial charge in [0.15, 0.2) is 11.5 Å². The summed E-state index contributed by atoms with van der Waals surface area (Å²) >= 11 is 1.80. The molecule has 0 saturated carbocycles. The predicted octanol–water partition coefficient (Wildman–Crippen LogP) is 5.01. The van der Waals surface area contributed by atoms with E-state index in [4.69, 9.17) is 14.2 Å². The molecule has 8 heteroatoms. The first-order chi connectivity index (χ1) is 16.5. The van der Waals surface area contributed by atoms with E-state index in [1.807, 2.05) is 13.0 Å². The Morgan fingerprint density at radius 2 is 1.91 bits per heavy atom. The minimum Gasteiger partial charge on any atom is -0.493 e. The van der Waals surface area contributed by atoms with Crippen molar-refractivity contribution in [2.24, 2.45) is 0 Å². The SMILES string of the molecule is COC(=O)N(C)c1cc(C)c(OCCCN2CCN(c3cccc4sccc34)CC2)c(OC)c1. The molecular weight excluding hydrogens is 450 g/mol. The van der Waals surface area contributed by atoms with Gasteiger partial charge in [-0.2, -0.15) is 0 Å². The van der Waals surface area contributed by atoms with Gasteiger partial charge in [0.1, 0.15) is 0 Å². The number of methoxy groups -OCH3 is 2. The van der Waals surface area contributed by atoms with Gasteiger partial charge in [0, 0.05) is 61.6 Å². The molecule has 0 radical (unpaired) electrons. The lowest BCUT2D eigenvalue weighted by atomic mass is 10.1. The number of hydrogen-bond donors (Lipinski definition) is 0. The smallest absolute Gasteiger partial charge is 0.413 e. The van der Waals surface area contributed by atoms with Gasteiger partial charge in [0.05, 0.1) is 26.5 Å². The van der Waals surface area contributed by atoms with Gasteiger partial charge >= 0.3 is 6.09 Å². The van der Waals surface area contributed by atoms with Gasteiger partial charge in [-0.1, -0.05) is 6.07 Å². The minimum absolute atomic E-state index is 0.428. The van der Waals surface area contributed by atoms with Gasteiger partial charge in [-0.3, -0.25) is 9.80 Å². The van der Waals surface area contributed by atoms with E-state index in [0.717, 1.165) is 50.5 Å². The summed E-state index contributed by atoms with van der Waals surface area (Å²) in [7, 11) is 4.64. The predicted molar refractivity (Wildman–Crippen MR) is 139 cm³/mol. The summed E-state index contributed by atoms with van der Waals surface area (Å²) in [6.07, 6.45) is 0.509. The van der Waals surface area contributed by atoms with Gasteiger partial charge < -0.3 is 19.1 Å². The second-order valence-electron chi connectivity index (χ2n) is 8.46. The first-order valence-corrected chi connectivity index (χ1v) is 12.5. The number of thiophene rings is 1. The Kier molecular flexibility index (Phi) is 7.80. The summed E-state index contributed by atoms with van der Waals surface area (Å²) in [6, 6.07) is 12.5. The van der Waals surface area contributed by atoms with Crippen LogP contribution in [-0.2, 0) is 4.74 Å². The average Bonchev–Trinajstić information content (AvgIpc) is 3.35. The summed E-state index contributed by atoms with van der Waals surface area (Å²) in [5, 5.41) is 3.54. The molecule has 0 atom stereocenters. The third-order valence-electron chi connectivity index (χ3n) is 6.33. The minimum atomic E-state index is -0.428. The molecule has 0 N–H and O–H groups in total. The molecule has 2 aromatic carbocycles. The number of amides is 1. The van der Waals surface area contributed by atoms with Crippen LogP contribution in [0.15, 0.2) is 41.8 Å². The molecule has 4 rings (SSSR count). The molecule has 1 saturated heterocycles. The number of piperazine rings is 1. The maximum Gasteiger partial charge on any atom is 0.413 e. The number of nitrogens with zero attached hydrogens (tertiary/aromatic N) is 3. The van der Waals surface area contributed by atoms with Crippen molar-refractivity contribution in [3.8, 4) is 11.5 Å². The lowest BCUT2D eigenvalue weighted by molar-refractivity contribution is 0.180. The van der Waals surface area contributed by atoms with Gasteiger partial charge in [-0.05, 0) is 48.6 Å². The Hall–Kier alpha value is -2.97. The number of hydrogen-bond acceptors (Lipinski definition) is 7. The molecule has 1 aromatic heterocycles. The molecule has 1 fully saturated rings. The van der Waals surface area contributed by atoms with Gasteiger partial charge in [0.2, 0.25) is 0 Å². The molecule has 2 heterocycles. The molecule has 0 bridgehead atoms. The molecule has 1 aliphatic heterocycles. The normalized spacial score (nSPS) is 14.3. The van der Waals surface area contributed by atoms with E-state index >= 15 is 0 Å². The molecule has 0 spiro atoms. The molecule has 1 amide bonds. The Balaban J connectivity index is 1.27. The van der Waals surface area contributed by atoms with Gasteiger partial charge in [0.25, 0.3) is 0 Å². The first-order valence-electron chi connectivity index (χ1n) is 11.6. The highest BCUT2D eigenvalue weighted by Crippen LogP contribution is 2.36. The maximum atomic E-state index is 11.8. The monoisotopic (exact) mass is 483 g/mol. The van der Waals surface area contributed by atoms with Crippen LogP contribution in [0.5, 0.6) is 11.5 Å². The highest BCUT2D eigenvalue weighted by atomic mass is 32.1. The highest BCUT2D eigenvalue weighted by molar-refractivity contribution is 7.17. The number of fused-ring (bicyclic) bond motifs is 1. The van der Waals surface area contributed by atoms with E-state index in [2.05, 4.69) is 39.4 Å². The van der Waals surface area contributed by atoms with Crippen LogP contribution in [0.2, 0.25) is 0 Å². The lowest BCUT2D eigenvalue weighted by Crippen LogP contribution is -2.46. The Labute approximate surface area is 205 Å². The van der Waals surface area contributed by atoms with Crippen LogP contribution >= 0.6 is 11.3 Å². The van der Waals surface area contributed by atoms with Crippen LogP contribution in [0, 0.1) is 6.92 Å². The number of rotatable bonds is 8. The van der Waals surface area contributed by atoms with Crippen molar-refractivity contribution in [1.29, 1.82) is 0 Å². The molecule has 34 heavy (non-hydrogen) atoms. The summed E-state index contributed by atoms with van der Waals surface area (Å²) in [5.74, 6) is 1.33. The second kappa shape index (κ2) is 11.0. The van der Waals surface area contributed by atoms with Gasteiger partial charge in [-0.15, -0.1) is 11.3 Å².